The lowest BCUT2D eigenvalue weighted by Crippen LogP contribution is -1.96. The maximum atomic E-state index is 6.37. The molecule has 0 spiro atoms. The van der Waals surface area contributed by atoms with Crippen molar-refractivity contribution in [2.24, 2.45) is 0 Å². The van der Waals surface area contributed by atoms with Crippen LogP contribution in [0, 0.1) is 0 Å². The van der Waals surface area contributed by atoms with E-state index >= 15 is 0 Å². The minimum Gasteiger partial charge on any atom is -0.455 e. The summed E-state index contributed by atoms with van der Waals surface area (Å²) in [6, 6.07) is 47.2. The SMILES string of the molecule is c1ccc(-c2cc(-c3ccc(-c4nc5ccccc5c5oc6ccccc6c45)cc3)nc(-c3ccccc3)n2)cc1. The van der Waals surface area contributed by atoms with Crippen LogP contribution in [0.1, 0.15) is 0 Å². The smallest absolute Gasteiger partial charge is 0.160 e. The average molecular weight is 526 g/mol. The monoisotopic (exact) mass is 525 g/mol. The molecule has 0 aliphatic heterocycles. The highest BCUT2D eigenvalue weighted by Gasteiger charge is 2.18. The third-order valence-electron chi connectivity index (χ3n) is 7.50. The first-order valence-electron chi connectivity index (χ1n) is 13.6. The average Bonchev–Trinajstić information content (AvgIpc) is 3.45. The highest BCUT2D eigenvalue weighted by Crippen LogP contribution is 2.39. The number of hydrogen-bond acceptors (Lipinski definition) is 4. The van der Waals surface area contributed by atoms with Gasteiger partial charge in [0.1, 0.15) is 11.2 Å². The van der Waals surface area contributed by atoms with Gasteiger partial charge in [-0.2, -0.15) is 0 Å². The number of aromatic nitrogens is 3. The summed E-state index contributed by atoms with van der Waals surface area (Å²) in [6.07, 6.45) is 0. The first kappa shape index (κ1) is 23.3. The van der Waals surface area contributed by atoms with E-state index in [1.54, 1.807) is 0 Å². The van der Waals surface area contributed by atoms with Crippen molar-refractivity contribution in [3.8, 4) is 45.2 Å². The van der Waals surface area contributed by atoms with Crippen molar-refractivity contribution in [1.29, 1.82) is 0 Å². The zero-order valence-electron chi connectivity index (χ0n) is 22.0. The summed E-state index contributed by atoms with van der Waals surface area (Å²) in [5.41, 5.74) is 9.39. The van der Waals surface area contributed by atoms with Gasteiger partial charge in [0.25, 0.3) is 0 Å². The molecule has 192 valence electrons. The van der Waals surface area contributed by atoms with Crippen LogP contribution < -0.4 is 0 Å². The van der Waals surface area contributed by atoms with Gasteiger partial charge in [-0.1, -0.05) is 115 Å². The van der Waals surface area contributed by atoms with Gasteiger partial charge in [-0.25, -0.2) is 15.0 Å². The van der Waals surface area contributed by atoms with E-state index in [1.165, 1.54) is 0 Å². The number of furan rings is 1. The lowest BCUT2D eigenvalue weighted by Gasteiger charge is -2.10. The molecule has 0 fully saturated rings. The second-order valence-electron chi connectivity index (χ2n) is 10.1. The van der Waals surface area contributed by atoms with Crippen LogP contribution in [0.25, 0.3) is 78.0 Å². The summed E-state index contributed by atoms with van der Waals surface area (Å²) >= 11 is 0. The Morgan fingerprint density at radius 2 is 1.00 bits per heavy atom. The Hall–Kier alpha value is -5.61. The van der Waals surface area contributed by atoms with Crippen LogP contribution in [0.15, 0.2) is 144 Å². The number of fused-ring (bicyclic) bond motifs is 5. The summed E-state index contributed by atoms with van der Waals surface area (Å²) in [6.45, 7) is 0. The predicted octanol–water partition coefficient (Wildman–Crippen LogP) is 9.59. The van der Waals surface area contributed by atoms with Crippen LogP contribution in [0.5, 0.6) is 0 Å². The van der Waals surface area contributed by atoms with E-state index in [0.717, 1.165) is 72.2 Å². The summed E-state index contributed by atoms with van der Waals surface area (Å²) < 4.78 is 6.37. The van der Waals surface area contributed by atoms with Gasteiger partial charge in [0.15, 0.2) is 5.82 Å². The Morgan fingerprint density at radius 3 is 1.73 bits per heavy atom. The van der Waals surface area contributed by atoms with Crippen LogP contribution >= 0.6 is 0 Å². The van der Waals surface area contributed by atoms with Crippen molar-refractivity contribution in [3.63, 3.8) is 0 Å². The van der Waals surface area contributed by atoms with Gasteiger partial charge in [0.2, 0.25) is 0 Å². The van der Waals surface area contributed by atoms with E-state index in [4.69, 9.17) is 19.4 Å². The molecule has 4 heteroatoms. The number of rotatable bonds is 4. The molecule has 5 aromatic carbocycles. The molecule has 41 heavy (non-hydrogen) atoms. The summed E-state index contributed by atoms with van der Waals surface area (Å²) in [5.74, 6) is 0.703. The molecule has 0 amide bonds. The second-order valence-corrected chi connectivity index (χ2v) is 10.1. The Kier molecular flexibility index (Phi) is 5.42. The number of para-hydroxylation sites is 2. The molecule has 0 saturated carbocycles. The largest absolute Gasteiger partial charge is 0.455 e. The fourth-order valence-corrected chi connectivity index (χ4v) is 5.49. The minimum atomic E-state index is 0.703. The van der Waals surface area contributed by atoms with Crippen molar-refractivity contribution in [3.05, 3.63) is 140 Å². The molecule has 0 bridgehead atoms. The first-order chi connectivity index (χ1) is 20.3. The summed E-state index contributed by atoms with van der Waals surface area (Å²) in [7, 11) is 0. The quantitative estimate of drug-likeness (QED) is 0.230. The molecule has 4 nitrogen and oxygen atoms in total. The van der Waals surface area contributed by atoms with Crippen LogP contribution in [0.2, 0.25) is 0 Å². The van der Waals surface area contributed by atoms with Crippen molar-refractivity contribution in [2.45, 2.75) is 0 Å². The minimum absolute atomic E-state index is 0.703. The highest BCUT2D eigenvalue weighted by molar-refractivity contribution is 6.19. The standard InChI is InChI=1S/C37H23N3O/c1-3-11-24(12-4-1)31-23-32(40-37(39-31)27-13-5-2-6-14-27)25-19-21-26(22-20-25)35-34-29-16-8-10-18-33(29)41-36(34)28-15-7-9-17-30(28)38-35/h1-23H. The number of nitrogens with zero attached hydrogens (tertiary/aromatic N) is 3. The number of pyridine rings is 1. The van der Waals surface area contributed by atoms with Crippen LogP contribution in [-0.4, -0.2) is 15.0 Å². The van der Waals surface area contributed by atoms with Crippen molar-refractivity contribution in [2.75, 3.05) is 0 Å². The van der Waals surface area contributed by atoms with Crippen LogP contribution in [-0.2, 0) is 0 Å². The maximum Gasteiger partial charge on any atom is 0.160 e. The third-order valence-corrected chi connectivity index (χ3v) is 7.50. The lowest BCUT2D eigenvalue weighted by molar-refractivity contribution is 0.672. The Bertz CT molecular complexity index is 2130. The van der Waals surface area contributed by atoms with E-state index in [0.29, 0.717) is 5.82 Å². The van der Waals surface area contributed by atoms with Gasteiger partial charge < -0.3 is 4.42 Å². The zero-order valence-corrected chi connectivity index (χ0v) is 22.0. The Labute approximate surface area is 236 Å². The molecular weight excluding hydrogens is 502 g/mol. The summed E-state index contributed by atoms with van der Waals surface area (Å²) in [4.78, 5) is 15.0. The molecule has 0 atom stereocenters. The molecule has 0 N–H and O–H groups in total. The van der Waals surface area contributed by atoms with Crippen molar-refractivity contribution in [1.82, 2.24) is 15.0 Å². The van der Waals surface area contributed by atoms with Gasteiger partial charge in [0, 0.05) is 33.0 Å². The molecule has 0 saturated heterocycles. The molecule has 0 aliphatic carbocycles. The molecule has 3 heterocycles. The van der Waals surface area contributed by atoms with Crippen LogP contribution in [0.4, 0.5) is 0 Å². The topological polar surface area (TPSA) is 51.8 Å². The normalized spacial score (nSPS) is 11.4. The van der Waals surface area contributed by atoms with E-state index in [9.17, 15) is 0 Å². The molecule has 0 unspecified atom stereocenters. The Balaban J connectivity index is 1.29. The van der Waals surface area contributed by atoms with Gasteiger partial charge in [-0.05, 0) is 24.3 Å². The third kappa shape index (κ3) is 4.05. The molecule has 0 radical (unpaired) electrons. The number of benzene rings is 5. The predicted molar refractivity (Wildman–Crippen MR) is 166 cm³/mol. The fraction of sp³-hybridized carbons (Fsp3) is 0. The summed E-state index contributed by atoms with van der Waals surface area (Å²) in [5, 5.41) is 3.12. The maximum absolute atomic E-state index is 6.37. The fourth-order valence-electron chi connectivity index (χ4n) is 5.49. The van der Waals surface area contributed by atoms with E-state index in [1.807, 2.05) is 84.9 Å². The van der Waals surface area contributed by atoms with Crippen LogP contribution in [0.3, 0.4) is 0 Å². The molecule has 8 rings (SSSR count). The molecule has 0 aliphatic rings. The number of hydrogen-bond donors (Lipinski definition) is 0. The molecular formula is C37H23N3O. The van der Waals surface area contributed by atoms with E-state index < -0.39 is 0 Å². The van der Waals surface area contributed by atoms with Gasteiger partial charge >= 0.3 is 0 Å². The highest BCUT2D eigenvalue weighted by atomic mass is 16.3. The molecule has 3 aromatic heterocycles. The van der Waals surface area contributed by atoms with Gasteiger partial charge in [0.05, 0.1) is 28.0 Å². The lowest BCUT2D eigenvalue weighted by atomic mass is 10.00. The molecule has 8 aromatic rings. The van der Waals surface area contributed by atoms with Crippen molar-refractivity contribution >= 4 is 32.8 Å². The Morgan fingerprint density at radius 1 is 0.439 bits per heavy atom. The first-order valence-corrected chi connectivity index (χ1v) is 13.6. The van der Waals surface area contributed by atoms with Gasteiger partial charge in [-0.3, -0.25) is 0 Å². The van der Waals surface area contributed by atoms with E-state index in [2.05, 4.69) is 54.6 Å². The second kappa shape index (κ2) is 9.54. The van der Waals surface area contributed by atoms with Crippen molar-refractivity contribution < 1.29 is 4.42 Å². The van der Waals surface area contributed by atoms with Gasteiger partial charge in [-0.15, -0.1) is 0 Å². The van der Waals surface area contributed by atoms with E-state index in [-0.39, 0.29) is 0 Å². The zero-order chi connectivity index (χ0) is 27.2.